The Morgan fingerprint density at radius 1 is 1.38 bits per heavy atom. The summed E-state index contributed by atoms with van der Waals surface area (Å²) in [5.41, 5.74) is 0.990. The van der Waals surface area contributed by atoms with E-state index in [1.54, 1.807) is 6.08 Å². The zero-order chi connectivity index (χ0) is 10.4. The molecule has 0 saturated carbocycles. The van der Waals surface area contributed by atoms with Gasteiger partial charge in [-0.1, -0.05) is 18.2 Å². The first-order valence-electron chi connectivity index (χ1n) is 3.58. The van der Waals surface area contributed by atoms with Gasteiger partial charge in [0, 0.05) is 0 Å². The Kier molecular flexibility index (Phi) is 5.62. The van der Waals surface area contributed by atoms with E-state index in [4.69, 9.17) is 0 Å². The van der Waals surface area contributed by atoms with Gasteiger partial charge in [0.2, 0.25) is 0 Å². The zero-order valence-corrected chi connectivity index (χ0v) is 9.07. The van der Waals surface area contributed by atoms with Crippen LogP contribution in [0.2, 0.25) is 0 Å². The van der Waals surface area contributed by atoms with Crippen LogP contribution in [0.25, 0.3) is 0 Å². The van der Waals surface area contributed by atoms with Crippen LogP contribution in [0.4, 0.5) is 8.78 Å². The fraction of sp³-hybridized carbons (Fsp3) is 0.333. The van der Waals surface area contributed by atoms with E-state index in [0.29, 0.717) is 4.48 Å². The van der Waals surface area contributed by atoms with Gasteiger partial charge < -0.3 is 4.74 Å². The molecule has 0 radical (unpaired) electrons. The molecule has 0 unspecified atom stereocenters. The minimum absolute atomic E-state index is 0.0381. The molecular formula is C9H11BrF2O. The summed E-state index contributed by atoms with van der Waals surface area (Å²) in [6.45, 7) is 4.33. The molecule has 13 heavy (non-hydrogen) atoms. The number of rotatable bonds is 4. The average molecular weight is 253 g/mol. The summed E-state index contributed by atoms with van der Waals surface area (Å²) in [5.74, 6) is 0.0381. The molecule has 0 saturated heterocycles. The number of halogens is 3. The summed E-state index contributed by atoms with van der Waals surface area (Å²) in [4.78, 5) is 0. The molecule has 0 aliphatic carbocycles. The quantitative estimate of drug-likeness (QED) is 0.543. The van der Waals surface area contributed by atoms with E-state index >= 15 is 0 Å². The highest BCUT2D eigenvalue weighted by Crippen LogP contribution is 2.19. The predicted octanol–water partition coefficient (Wildman–Crippen LogP) is 3.98. The molecule has 0 rings (SSSR count). The molecule has 0 aliphatic heterocycles. The van der Waals surface area contributed by atoms with Crippen LogP contribution in [-0.2, 0) is 4.74 Å². The lowest BCUT2D eigenvalue weighted by Crippen LogP contribution is -1.98. The molecular weight excluding hydrogens is 242 g/mol. The van der Waals surface area contributed by atoms with Crippen LogP contribution in [-0.4, -0.2) is 6.61 Å². The second kappa shape index (κ2) is 5.91. The molecule has 1 nitrogen and oxygen atoms in total. The van der Waals surface area contributed by atoms with Crippen molar-refractivity contribution in [2.45, 2.75) is 20.5 Å². The van der Waals surface area contributed by atoms with Crippen molar-refractivity contribution in [3.63, 3.8) is 0 Å². The SMILES string of the molecule is C=C(Br)/C(=C\C=C(C)C)OC(F)F. The first-order valence-corrected chi connectivity index (χ1v) is 4.37. The summed E-state index contributed by atoms with van der Waals surface area (Å²) in [5, 5.41) is 0. The molecule has 0 aliphatic rings. The Labute approximate surface area is 84.9 Å². The maximum absolute atomic E-state index is 11.8. The van der Waals surface area contributed by atoms with E-state index in [9.17, 15) is 8.78 Å². The van der Waals surface area contributed by atoms with E-state index in [-0.39, 0.29) is 5.76 Å². The third-order valence-corrected chi connectivity index (χ3v) is 1.44. The van der Waals surface area contributed by atoms with Gasteiger partial charge in [-0.15, -0.1) is 0 Å². The van der Waals surface area contributed by atoms with E-state index in [1.165, 1.54) is 6.08 Å². The standard InChI is InChI=1S/C9H11BrF2O/c1-6(2)4-5-8(7(3)10)13-9(11)12/h4-5,9H,3H2,1-2H3/b8-5+. The number of hydrogen-bond acceptors (Lipinski definition) is 1. The summed E-state index contributed by atoms with van der Waals surface area (Å²) < 4.78 is 28.1. The van der Waals surface area contributed by atoms with Gasteiger partial charge >= 0.3 is 6.61 Å². The van der Waals surface area contributed by atoms with Gasteiger partial charge in [-0.25, -0.2) is 0 Å². The molecule has 0 aromatic rings. The maximum Gasteiger partial charge on any atom is 0.387 e. The Balaban J connectivity index is 4.51. The second-order valence-electron chi connectivity index (χ2n) is 2.56. The third kappa shape index (κ3) is 6.51. The fourth-order valence-electron chi connectivity index (χ4n) is 0.532. The first-order chi connectivity index (χ1) is 5.93. The van der Waals surface area contributed by atoms with E-state index < -0.39 is 6.61 Å². The van der Waals surface area contributed by atoms with Gasteiger partial charge in [0.1, 0.15) is 5.76 Å². The van der Waals surface area contributed by atoms with E-state index in [0.717, 1.165) is 5.57 Å². The first kappa shape index (κ1) is 12.4. The van der Waals surface area contributed by atoms with Crippen molar-refractivity contribution in [2.75, 3.05) is 0 Å². The van der Waals surface area contributed by atoms with Gasteiger partial charge in [-0.2, -0.15) is 8.78 Å². The van der Waals surface area contributed by atoms with Crippen molar-refractivity contribution >= 4 is 15.9 Å². The Bertz CT molecular complexity index is 240. The van der Waals surface area contributed by atoms with Crippen molar-refractivity contribution in [1.82, 2.24) is 0 Å². The molecule has 0 spiro atoms. The molecule has 0 aromatic carbocycles. The van der Waals surface area contributed by atoms with Crippen LogP contribution in [0.1, 0.15) is 13.8 Å². The van der Waals surface area contributed by atoms with Crippen molar-refractivity contribution < 1.29 is 13.5 Å². The molecule has 0 bridgehead atoms. The molecule has 0 amide bonds. The highest BCUT2D eigenvalue weighted by molar-refractivity contribution is 9.11. The molecule has 74 valence electrons. The lowest BCUT2D eigenvalue weighted by Gasteiger charge is -2.06. The topological polar surface area (TPSA) is 9.23 Å². The molecule has 0 heterocycles. The average Bonchev–Trinajstić information content (AvgIpc) is 1.96. The van der Waals surface area contributed by atoms with Gasteiger partial charge in [-0.05, 0) is 35.9 Å². The highest BCUT2D eigenvalue weighted by Gasteiger charge is 2.07. The normalized spacial score (nSPS) is 11.4. The van der Waals surface area contributed by atoms with Crippen LogP contribution in [0.15, 0.2) is 34.5 Å². The molecule has 4 heteroatoms. The Hall–Kier alpha value is -0.640. The van der Waals surface area contributed by atoms with Crippen molar-refractivity contribution in [3.8, 4) is 0 Å². The Morgan fingerprint density at radius 3 is 2.23 bits per heavy atom. The smallest absolute Gasteiger partial charge is 0.387 e. The number of allylic oxidation sites excluding steroid dienone is 4. The maximum atomic E-state index is 11.8. The second-order valence-corrected chi connectivity index (χ2v) is 3.52. The molecule has 0 N–H and O–H groups in total. The van der Waals surface area contributed by atoms with Gasteiger partial charge in [0.15, 0.2) is 0 Å². The zero-order valence-electron chi connectivity index (χ0n) is 7.48. The van der Waals surface area contributed by atoms with Crippen molar-refractivity contribution in [2.24, 2.45) is 0 Å². The van der Waals surface area contributed by atoms with Gasteiger partial charge in [0.25, 0.3) is 0 Å². The molecule has 0 atom stereocenters. The molecule has 0 aromatic heterocycles. The monoisotopic (exact) mass is 252 g/mol. The van der Waals surface area contributed by atoms with Crippen LogP contribution in [0.3, 0.4) is 0 Å². The summed E-state index contributed by atoms with van der Waals surface area (Å²) in [6.07, 6.45) is 3.11. The van der Waals surface area contributed by atoms with Crippen LogP contribution in [0.5, 0.6) is 0 Å². The Morgan fingerprint density at radius 2 is 1.92 bits per heavy atom. The summed E-state index contributed by atoms with van der Waals surface area (Å²) >= 11 is 2.97. The summed E-state index contributed by atoms with van der Waals surface area (Å²) in [6, 6.07) is 0. The van der Waals surface area contributed by atoms with Crippen LogP contribution < -0.4 is 0 Å². The molecule has 0 fully saturated rings. The summed E-state index contributed by atoms with van der Waals surface area (Å²) in [7, 11) is 0. The lowest BCUT2D eigenvalue weighted by atomic mass is 10.3. The van der Waals surface area contributed by atoms with E-state index in [2.05, 4.69) is 27.2 Å². The number of alkyl halides is 2. The van der Waals surface area contributed by atoms with Crippen molar-refractivity contribution in [3.05, 3.63) is 34.5 Å². The highest BCUT2D eigenvalue weighted by atomic mass is 79.9. The minimum Gasteiger partial charge on any atom is -0.434 e. The number of hydrogen-bond donors (Lipinski definition) is 0. The van der Waals surface area contributed by atoms with Crippen LogP contribution >= 0.6 is 15.9 Å². The van der Waals surface area contributed by atoms with Gasteiger partial charge in [-0.3, -0.25) is 0 Å². The predicted molar refractivity (Wildman–Crippen MR) is 52.7 cm³/mol. The van der Waals surface area contributed by atoms with E-state index in [1.807, 2.05) is 13.8 Å². The largest absolute Gasteiger partial charge is 0.434 e. The van der Waals surface area contributed by atoms with Crippen LogP contribution in [0, 0.1) is 0 Å². The van der Waals surface area contributed by atoms with Crippen molar-refractivity contribution in [1.29, 1.82) is 0 Å². The fourth-order valence-corrected chi connectivity index (χ4v) is 0.758. The third-order valence-electron chi connectivity index (χ3n) is 1.05. The minimum atomic E-state index is -2.83. The van der Waals surface area contributed by atoms with Gasteiger partial charge in [0.05, 0.1) is 4.48 Å². The number of ether oxygens (including phenoxy) is 1. The lowest BCUT2D eigenvalue weighted by molar-refractivity contribution is -0.0922.